The van der Waals surface area contributed by atoms with Gasteiger partial charge in [-0.25, -0.2) is 4.39 Å². The quantitative estimate of drug-likeness (QED) is 0.604. The number of hydrogen-bond acceptors (Lipinski definition) is 2. The van der Waals surface area contributed by atoms with E-state index in [0.717, 1.165) is 6.20 Å². The summed E-state index contributed by atoms with van der Waals surface area (Å²) >= 11 is 0. The van der Waals surface area contributed by atoms with E-state index >= 15 is 0 Å². The minimum absolute atomic E-state index is 0.0926. The highest BCUT2D eigenvalue weighted by Gasteiger charge is 2.04. The number of halogens is 1. The minimum Gasteiger partial charge on any atom is -0.294 e. The molecule has 0 aliphatic carbocycles. The average molecular weight is 169 g/mol. The molecule has 0 spiro atoms. The number of nitrogens with zero attached hydrogens (tertiary/aromatic N) is 1. The summed E-state index contributed by atoms with van der Waals surface area (Å²) in [5.41, 5.74) is 0.0926. The third kappa shape index (κ3) is 2.78. The molecule has 1 heterocycles. The Morgan fingerprint density at radius 3 is 2.42 bits per heavy atom. The van der Waals surface area contributed by atoms with Crippen LogP contribution < -0.4 is 0 Å². The molecule has 2 nitrogen and oxygen atoms in total. The van der Waals surface area contributed by atoms with Gasteiger partial charge in [-0.3, -0.25) is 9.78 Å². The van der Waals surface area contributed by atoms with Crippen molar-refractivity contribution in [3.05, 3.63) is 29.8 Å². The SMILES string of the molecule is CC.CC(=O)c1ccncc1F. The van der Waals surface area contributed by atoms with Crippen LogP contribution in [0.5, 0.6) is 0 Å². The Kier molecular flexibility index (Phi) is 4.84. The number of rotatable bonds is 1. The molecule has 0 aliphatic heterocycles. The molecule has 1 aromatic rings. The maximum absolute atomic E-state index is 12.6. The van der Waals surface area contributed by atoms with E-state index in [4.69, 9.17) is 0 Å². The van der Waals surface area contributed by atoms with Gasteiger partial charge in [0.25, 0.3) is 0 Å². The van der Waals surface area contributed by atoms with Crippen LogP contribution in [0.2, 0.25) is 0 Å². The molecular formula is C9H12FNO. The lowest BCUT2D eigenvalue weighted by atomic mass is 10.2. The van der Waals surface area contributed by atoms with Crippen LogP contribution in [0.15, 0.2) is 18.5 Å². The van der Waals surface area contributed by atoms with E-state index in [-0.39, 0.29) is 11.3 Å². The van der Waals surface area contributed by atoms with Gasteiger partial charge in [0, 0.05) is 6.20 Å². The molecule has 0 radical (unpaired) electrons. The second-order valence-corrected chi connectivity index (χ2v) is 1.91. The highest BCUT2D eigenvalue weighted by Crippen LogP contribution is 2.03. The zero-order chi connectivity index (χ0) is 9.56. The number of ketones is 1. The number of Topliss-reactive ketones (excluding diaryl/α,β-unsaturated/α-hetero) is 1. The molecule has 0 amide bonds. The highest BCUT2D eigenvalue weighted by molar-refractivity contribution is 5.94. The molecule has 0 bridgehead atoms. The van der Waals surface area contributed by atoms with Gasteiger partial charge in [-0.05, 0) is 13.0 Å². The first kappa shape index (κ1) is 10.8. The third-order valence-corrected chi connectivity index (χ3v) is 1.15. The molecular weight excluding hydrogens is 157 g/mol. The van der Waals surface area contributed by atoms with E-state index in [1.165, 1.54) is 19.2 Å². The Hall–Kier alpha value is -1.25. The predicted molar refractivity (Wildman–Crippen MR) is 45.5 cm³/mol. The van der Waals surface area contributed by atoms with Gasteiger partial charge >= 0.3 is 0 Å². The molecule has 66 valence electrons. The molecule has 0 aromatic carbocycles. The predicted octanol–water partition coefficient (Wildman–Crippen LogP) is 2.45. The normalized spacial score (nSPS) is 8.33. The van der Waals surface area contributed by atoms with Gasteiger partial charge in [0.05, 0.1) is 11.8 Å². The number of carbonyl (C=O) groups is 1. The Labute approximate surface area is 71.4 Å². The van der Waals surface area contributed by atoms with Crippen LogP contribution in [0.25, 0.3) is 0 Å². The van der Waals surface area contributed by atoms with Crippen LogP contribution in [0.4, 0.5) is 4.39 Å². The Morgan fingerprint density at radius 1 is 1.50 bits per heavy atom. The summed E-state index contributed by atoms with van der Waals surface area (Å²) in [4.78, 5) is 14.1. The summed E-state index contributed by atoms with van der Waals surface area (Å²) in [6.07, 6.45) is 2.41. The molecule has 1 rings (SSSR count). The molecule has 0 aliphatic rings. The topological polar surface area (TPSA) is 30.0 Å². The van der Waals surface area contributed by atoms with E-state index < -0.39 is 5.82 Å². The number of aromatic nitrogens is 1. The zero-order valence-electron chi connectivity index (χ0n) is 7.47. The van der Waals surface area contributed by atoms with E-state index in [1.54, 1.807) is 0 Å². The summed E-state index contributed by atoms with van der Waals surface area (Å²) < 4.78 is 12.6. The van der Waals surface area contributed by atoms with E-state index in [2.05, 4.69) is 4.98 Å². The zero-order valence-corrected chi connectivity index (χ0v) is 7.47. The average Bonchev–Trinajstić information content (AvgIpc) is 2.08. The Balaban J connectivity index is 0.000000561. The number of pyridine rings is 1. The van der Waals surface area contributed by atoms with Gasteiger partial charge < -0.3 is 0 Å². The van der Waals surface area contributed by atoms with Crippen LogP contribution >= 0.6 is 0 Å². The van der Waals surface area contributed by atoms with Crippen LogP contribution in [0.1, 0.15) is 31.1 Å². The van der Waals surface area contributed by atoms with Crippen molar-refractivity contribution < 1.29 is 9.18 Å². The standard InChI is InChI=1S/C7H6FNO.C2H6/c1-5(10)6-2-3-9-4-7(6)8;1-2/h2-4H,1H3;1-2H3. The smallest absolute Gasteiger partial charge is 0.162 e. The lowest BCUT2D eigenvalue weighted by molar-refractivity contribution is 0.101. The first-order valence-corrected chi connectivity index (χ1v) is 3.82. The van der Waals surface area contributed by atoms with Crippen LogP contribution in [-0.4, -0.2) is 10.8 Å². The van der Waals surface area contributed by atoms with Crippen molar-refractivity contribution in [1.82, 2.24) is 4.98 Å². The first-order chi connectivity index (χ1) is 5.72. The second-order valence-electron chi connectivity index (χ2n) is 1.91. The van der Waals surface area contributed by atoms with Gasteiger partial charge in [-0.2, -0.15) is 0 Å². The Bertz CT molecular complexity index is 260. The van der Waals surface area contributed by atoms with Crippen molar-refractivity contribution >= 4 is 5.78 Å². The lowest BCUT2D eigenvalue weighted by Gasteiger charge is -1.93. The van der Waals surface area contributed by atoms with E-state index in [1.807, 2.05) is 13.8 Å². The molecule has 0 fully saturated rings. The molecule has 0 atom stereocenters. The van der Waals surface area contributed by atoms with E-state index in [0.29, 0.717) is 0 Å². The first-order valence-electron chi connectivity index (χ1n) is 3.82. The van der Waals surface area contributed by atoms with Crippen LogP contribution in [0.3, 0.4) is 0 Å². The fourth-order valence-corrected chi connectivity index (χ4v) is 0.661. The van der Waals surface area contributed by atoms with Gasteiger partial charge in [-0.15, -0.1) is 0 Å². The molecule has 0 saturated heterocycles. The summed E-state index contributed by atoms with van der Waals surface area (Å²) in [5.74, 6) is -0.838. The Morgan fingerprint density at radius 2 is 2.08 bits per heavy atom. The molecule has 3 heteroatoms. The molecule has 0 unspecified atom stereocenters. The summed E-state index contributed by atoms with van der Waals surface area (Å²) in [5, 5.41) is 0. The van der Waals surface area contributed by atoms with Gasteiger partial charge in [0.1, 0.15) is 0 Å². The van der Waals surface area contributed by atoms with Crippen molar-refractivity contribution in [3.63, 3.8) is 0 Å². The number of carbonyl (C=O) groups excluding carboxylic acids is 1. The summed E-state index contributed by atoms with van der Waals surface area (Å²) in [6.45, 7) is 5.32. The fourth-order valence-electron chi connectivity index (χ4n) is 0.661. The summed E-state index contributed by atoms with van der Waals surface area (Å²) in [6, 6.07) is 1.36. The molecule has 0 N–H and O–H groups in total. The van der Waals surface area contributed by atoms with E-state index in [9.17, 15) is 9.18 Å². The maximum atomic E-state index is 12.6. The summed E-state index contributed by atoms with van der Waals surface area (Å²) in [7, 11) is 0. The minimum atomic E-state index is -0.560. The van der Waals surface area contributed by atoms with Gasteiger partial charge in [-0.1, -0.05) is 13.8 Å². The van der Waals surface area contributed by atoms with Crippen molar-refractivity contribution in [2.75, 3.05) is 0 Å². The third-order valence-electron chi connectivity index (χ3n) is 1.15. The lowest BCUT2D eigenvalue weighted by Crippen LogP contribution is -1.96. The highest BCUT2D eigenvalue weighted by atomic mass is 19.1. The van der Waals surface area contributed by atoms with Crippen molar-refractivity contribution in [3.8, 4) is 0 Å². The van der Waals surface area contributed by atoms with Crippen LogP contribution in [0, 0.1) is 5.82 Å². The number of hydrogen-bond donors (Lipinski definition) is 0. The van der Waals surface area contributed by atoms with Crippen LogP contribution in [-0.2, 0) is 0 Å². The maximum Gasteiger partial charge on any atom is 0.162 e. The monoisotopic (exact) mass is 169 g/mol. The van der Waals surface area contributed by atoms with Gasteiger partial charge in [0.15, 0.2) is 11.6 Å². The van der Waals surface area contributed by atoms with Crippen molar-refractivity contribution in [2.24, 2.45) is 0 Å². The molecule has 12 heavy (non-hydrogen) atoms. The largest absolute Gasteiger partial charge is 0.294 e. The van der Waals surface area contributed by atoms with Gasteiger partial charge in [0.2, 0.25) is 0 Å². The second kappa shape index (κ2) is 5.41. The molecule has 0 saturated carbocycles. The van der Waals surface area contributed by atoms with Crippen molar-refractivity contribution in [2.45, 2.75) is 20.8 Å². The van der Waals surface area contributed by atoms with Crippen molar-refractivity contribution in [1.29, 1.82) is 0 Å². The fraction of sp³-hybridized carbons (Fsp3) is 0.333. The molecule has 1 aromatic heterocycles.